The molecule has 1 saturated heterocycles. The van der Waals surface area contributed by atoms with E-state index in [1.54, 1.807) is 23.1 Å². The molecule has 0 aliphatic carbocycles. The van der Waals surface area contributed by atoms with Gasteiger partial charge in [-0.05, 0) is 43.2 Å². The van der Waals surface area contributed by atoms with Crippen molar-refractivity contribution in [2.75, 3.05) is 23.7 Å². The minimum atomic E-state index is -0.286. The van der Waals surface area contributed by atoms with Crippen LogP contribution in [0.25, 0.3) is 0 Å². The second-order valence-electron chi connectivity index (χ2n) is 6.33. The summed E-state index contributed by atoms with van der Waals surface area (Å²) in [7, 11) is 0. The van der Waals surface area contributed by atoms with Crippen molar-refractivity contribution in [3.8, 4) is 0 Å². The van der Waals surface area contributed by atoms with Gasteiger partial charge in [-0.1, -0.05) is 18.2 Å². The maximum absolute atomic E-state index is 12.8. The Labute approximate surface area is 162 Å². The van der Waals surface area contributed by atoms with Crippen molar-refractivity contribution in [3.63, 3.8) is 0 Å². The van der Waals surface area contributed by atoms with E-state index < -0.39 is 0 Å². The Bertz CT molecular complexity index is 869. The summed E-state index contributed by atoms with van der Waals surface area (Å²) in [4.78, 5) is 34.3. The summed E-state index contributed by atoms with van der Waals surface area (Å²) in [6, 6.07) is 5.32. The minimum Gasteiger partial charge on any atom is -0.350 e. The molecule has 0 radical (unpaired) electrons. The Morgan fingerprint density at radius 3 is 2.74 bits per heavy atom. The first-order valence-electron chi connectivity index (χ1n) is 8.53. The van der Waals surface area contributed by atoms with Crippen LogP contribution in [0, 0.1) is 6.92 Å². The Hall–Kier alpha value is -2.93. The zero-order valence-electron chi connectivity index (χ0n) is 14.9. The molecule has 1 atom stereocenters. The lowest BCUT2D eigenvalue weighted by atomic mass is 10.1. The molecule has 1 unspecified atom stereocenters. The lowest BCUT2D eigenvalue weighted by Gasteiger charge is -2.18. The number of benzene rings is 1. The van der Waals surface area contributed by atoms with E-state index in [0.29, 0.717) is 35.3 Å². The van der Waals surface area contributed by atoms with Gasteiger partial charge in [0.05, 0.1) is 17.4 Å². The minimum absolute atomic E-state index is 0.0320. The van der Waals surface area contributed by atoms with Crippen LogP contribution >= 0.6 is 11.6 Å². The topological polar surface area (TPSA) is 87.2 Å². The van der Waals surface area contributed by atoms with Crippen molar-refractivity contribution in [2.45, 2.75) is 19.4 Å². The average molecular weight is 386 g/mol. The van der Waals surface area contributed by atoms with Gasteiger partial charge in [0.25, 0.3) is 5.91 Å². The van der Waals surface area contributed by atoms with Gasteiger partial charge < -0.3 is 15.5 Å². The molecule has 2 aromatic rings. The molecule has 27 heavy (non-hydrogen) atoms. The van der Waals surface area contributed by atoms with Crippen LogP contribution in [0.1, 0.15) is 22.3 Å². The Morgan fingerprint density at radius 2 is 2.07 bits per heavy atom. The number of nitrogens with zero attached hydrogens (tertiary/aromatic N) is 3. The van der Waals surface area contributed by atoms with E-state index in [1.807, 2.05) is 6.92 Å². The van der Waals surface area contributed by atoms with Crippen LogP contribution in [-0.2, 0) is 4.79 Å². The van der Waals surface area contributed by atoms with Gasteiger partial charge in [-0.3, -0.25) is 9.59 Å². The summed E-state index contributed by atoms with van der Waals surface area (Å²) < 4.78 is 0. The number of carbonyl (C=O) groups excluding carboxylic acids is 2. The summed E-state index contributed by atoms with van der Waals surface area (Å²) >= 11 is 5.79. The fourth-order valence-electron chi connectivity index (χ4n) is 2.98. The van der Waals surface area contributed by atoms with Crippen molar-refractivity contribution >= 4 is 35.1 Å². The van der Waals surface area contributed by atoms with Crippen molar-refractivity contribution in [2.24, 2.45) is 0 Å². The highest BCUT2D eigenvalue weighted by Crippen LogP contribution is 2.21. The second-order valence-corrected chi connectivity index (χ2v) is 6.77. The lowest BCUT2D eigenvalue weighted by molar-refractivity contribution is -0.111. The van der Waals surface area contributed by atoms with E-state index in [2.05, 4.69) is 27.2 Å². The van der Waals surface area contributed by atoms with Crippen LogP contribution in [0.15, 0.2) is 43.2 Å². The zero-order valence-corrected chi connectivity index (χ0v) is 15.7. The monoisotopic (exact) mass is 385 g/mol. The SMILES string of the molecule is C=CC(=O)Nc1ccc(C(=O)N2CCC(Nc3ncc(Cl)cn3)C2)c(C)c1. The first-order chi connectivity index (χ1) is 13.0. The molecule has 0 bridgehead atoms. The van der Waals surface area contributed by atoms with Crippen LogP contribution in [0.4, 0.5) is 11.6 Å². The fourth-order valence-corrected chi connectivity index (χ4v) is 3.07. The number of hydrogen-bond acceptors (Lipinski definition) is 5. The number of aryl methyl sites for hydroxylation is 1. The summed E-state index contributed by atoms with van der Waals surface area (Å²) in [6.07, 6.45) is 5.08. The number of nitrogens with one attached hydrogen (secondary N) is 2. The summed E-state index contributed by atoms with van der Waals surface area (Å²) in [6.45, 7) is 6.50. The quantitative estimate of drug-likeness (QED) is 0.773. The number of likely N-dealkylation sites (tertiary alicyclic amines) is 1. The maximum atomic E-state index is 12.8. The predicted molar refractivity (Wildman–Crippen MR) is 105 cm³/mol. The molecule has 1 aromatic heterocycles. The van der Waals surface area contributed by atoms with E-state index in [-0.39, 0.29) is 17.9 Å². The third-order valence-electron chi connectivity index (χ3n) is 4.34. The van der Waals surface area contributed by atoms with Crippen LogP contribution in [0.3, 0.4) is 0 Å². The molecule has 1 aliphatic rings. The van der Waals surface area contributed by atoms with Crippen molar-refractivity contribution in [3.05, 3.63) is 59.4 Å². The number of amides is 2. The molecular weight excluding hydrogens is 366 g/mol. The molecule has 2 heterocycles. The van der Waals surface area contributed by atoms with E-state index in [1.165, 1.54) is 18.5 Å². The van der Waals surface area contributed by atoms with Gasteiger partial charge in [0.2, 0.25) is 11.9 Å². The summed E-state index contributed by atoms with van der Waals surface area (Å²) in [5.74, 6) is 0.180. The van der Waals surface area contributed by atoms with E-state index >= 15 is 0 Å². The normalized spacial score (nSPS) is 16.1. The van der Waals surface area contributed by atoms with Gasteiger partial charge in [0, 0.05) is 30.4 Å². The predicted octanol–water partition coefficient (Wildman–Crippen LogP) is 2.89. The molecule has 140 valence electrons. The summed E-state index contributed by atoms with van der Waals surface area (Å²) in [5, 5.41) is 6.39. The van der Waals surface area contributed by atoms with Crippen molar-refractivity contribution in [1.82, 2.24) is 14.9 Å². The van der Waals surface area contributed by atoms with Gasteiger partial charge in [-0.25, -0.2) is 9.97 Å². The smallest absolute Gasteiger partial charge is 0.254 e. The standard InChI is InChI=1S/C19H20ClN5O2/c1-3-17(26)23-14-4-5-16(12(2)8-14)18(27)25-7-6-15(11-25)24-19-21-9-13(20)10-22-19/h3-5,8-10,15H,1,6-7,11H2,2H3,(H,23,26)(H,21,22,24). The van der Waals surface area contributed by atoms with E-state index in [0.717, 1.165) is 12.0 Å². The molecule has 3 rings (SSSR count). The van der Waals surface area contributed by atoms with E-state index in [9.17, 15) is 9.59 Å². The highest BCUT2D eigenvalue weighted by atomic mass is 35.5. The maximum Gasteiger partial charge on any atom is 0.254 e. The molecule has 8 heteroatoms. The average Bonchev–Trinajstić information content (AvgIpc) is 3.11. The number of rotatable bonds is 5. The number of aromatic nitrogens is 2. The first kappa shape index (κ1) is 18.8. The van der Waals surface area contributed by atoms with E-state index in [4.69, 9.17) is 11.6 Å². The third-order valence-corrected chi connectivity index (χ3v) is 4.53. The number of carbonyl (C=O) groups is 2. The third kappa shape index (κ3) is 4.62. The van der Waals surface area contributed by atoms with Gasteiger partial charge in [0.1, 0.15) is 0 Å². The van der Waals surface area contributed by atoms with Crippen LogP contribution < -0.4 is 10.6 Å². The van der Waals surface area contributed by atoms with Crippen LogP contribution in [0.5, 0.6) is 0 Å². The molecule has 1 fully saturated rings. The summed E-state index contributed by atoms with van der Waals surface area (Å²) in [5.41, 5.74) is 2.06. The lowest BCUT2D eigenvalue weighted by Crippen LogP contribution is -2.32. The van der Waals surface area contributed by atoms with Gasteiger partial charge in [0.15, 0.2) is 0 Å². The van der Waals surface area contributed by atoms with Gasteiger partial charge in [-0.15, -0.1) is 0 Å². The molecular formula is C19H20ClN5O2. The molecule has 7 nitrogen and oxygen atoms in total. The first-order valence-corrected chi connectivity index (χ1v) is 8.91. The van der Waals surface area contributed by atoms with Crippen molar-refractivity contribution < 1.29 is 9.59 Å². The van der Waals surface area contributed by atoms with Gasteiger partial charge in [-0.2, -0.15) is 0 Å². The highest BCUT2D eigenvalue weighted by molar-refractivity contribution is 6.30. The zero-order chi connectivity index (χ0) is 19.4. The highest BCUT2D eigenvalue weighted by Gasteiger charge is 2.28. The number of hydrogen-bond donors (Lipinski definition) is 2. The molecule has 1 aromatic carbocycles. The van der Waals surface area contributed by atoms with Gasteiger partial charge >= 0.3 is 0 Å². The largest absolute Gasteiger partial charge is 0.350 e. The Morgan fingerprint density at radius 1 is 1.33 bits per heavy atom. The molecule has 0 spiro atoms. The molecule has 2 N–H and O–H groups in total. The molecule has 2 amide bonds. The van der Waals surface area contributed by atoms with Crippen LogP contribution in [-0.4, -0.2) is 45.8 Å². The fraction of sp³-hybridized carbons (Fsp3) is 0.263. The Kier molecular flexibility index (Phi) is 5.71. The number of halogens is 1. The Balaban J connectivity index is 1.63. The molecule has 1 aliphatic heterocycles. The second kappa shape index (κ2) is 8.18. The van der Waals surface area contributed by atoms with Crippen LogP contribution in [0.2, 0.25) is 5.02 Å². The van der Waals surface area contributed by atoms with Crippen molar-refractivity contribution in [1.29, 1.82) is 0 Å². The number of anilines is 2. The molecule has 0 saturated carbocycles.